The van der Waals surface area contributed by atoms with E-state index in [4.69, 9.17) is 5.84 Å². The van der Waals surface area contributed by atoms with Crippen LogP contribution in [-0.4, -0.2) is 39.5 Å². The molecule has 0 saturated heterocycles. The second-order valence-electron chi connectivity index (χ2n) is 7.50. The number of nitrogens with zero attached hydrogens (tertiary/aromatic N) is 5. The molecule has 1 aromatic carbocycles. The number of pyridine rings is 1. The van der Waals surface area contributed by atoms with Gasteiger partial charge in [-0.3, -0.25) is 4.98 Å². The third-order valence-corrected chi connectivity index (χ3v) is 5.63. The van der Waals surface area contributed by atoms with Crippen molar-refractivity contribution in [3.8, 4) is 11.3 Å². The summed E-state index contributed by atoms with van der Waals surface area (Å²) in [5.74, 6) is 6.13. The van der Waals surface area contributed by atoms with E-state index < -0.39 is 9.84 Å². The zero-order valence-electron chi connectivity index (χ0n) is 16.9. The third kappa shape index (κ3) is 3.76. The first kappa shape index (κ1) is 20.0. The predicted molar refractivity (Wildman–Crippen MR) is 115 cm³/mol. The van der Waals surface area contributed by atoms with E-state index >= 15 is 0 Å². The highest BCUT2D eigenvalue weighted by molar-refractivity contribution is 7.90. The second kappa shape index (κ2) is 7.49. The highest BCUT2D eigenvalue weighted by atomic mass is 32.2. The van der Waals surface area contributed by atoms with Gasteiger partial charge in [-0.1, -0.05) is 44.2 Å². The van der Waals surface area contributed by atoms with Crippen molar-refractivity contribution in [2.45, 2.75) is 31.3 Å². The number of nitrogen functional groups attached to an aromatic ring is 1. The van der Waals surface area contributed by atoms with Crippen LogP contribution in [0.15, 0.2) is 53.8 Å². The van der Waals surface area contributed by atoms with Crippen LogP contribution in [-0.2, 0) is 16.3 Å². The Balaban J connectivity index is 1.80. The summed E-state index contributed by atoms with van der Waals surface area (Å²) in [6.07, 6.45) is 3.24. The lowest BCUT2D eigenvalue weighted by molar-refractivity contribution is 0.593. The van der Waals surface area contributed by atoms with Crippen molar-refractivity contribution in [1.82, 2.24) is 24.8 Å². The van der Waals surface area contributed by atoms with Gasteiger partial charge >= 0.3 is 0 Å². The first-order valence-electron chi connectivity index (χ1n) is 9.49. The first-order chi connectivity index (χ1) is 14.2. The number of aromatic nitrogens is 5. The van der Waals surface area contributed by atoms with E-state index in [9.17, 15) is 8.42 Å². The predicted octanol–water partition coefficient (Wildman–Crippen LogP) is 2.72. The van der Waals surface area contributed by atoms with Crippen molar-refractivity contribution < 1.29 is 8.42 Å². The Kier molecular flexibility index (Phi) is 4.98. The van der Waals surface area contributed by atoms with Gasteiger partial charge in [0.2, 0.25) is 15.0 Å². The quantitative estimate of drug-likeness (QED) is 0.388. The van der Waals surface area contributed by atoms with Gasteiger partial charge < -0.3 is 5.84 Å². The Morgan fingerprint density at radius 3 is 2.40 bits per heavy atom. The molecule has 0 atom stereocenters. The zero-order valence-corrected chi connectivity index (χ0v) is 17.8. The molecular weight excluding hydrogens is 400 g/mol. The molecule has 0 aliphatic rings. The van der Waals surface area contributed by atoms with Gasteiger partial charge in [0, 0.05) is 24.4 Å². The molecule has 4 rings (SSSR count). The summed E-state index contributed by atoms with van der Waals surface area (Å²) in [4.78, 5) is 14.2. The molecule has 3 aromatic heterocycles. The average Bonchev–Trinajstić information content (AvgIpc) is 3.06. The number of hydrogen-bond acceptors (Lipinski definition) is 7. The van der Waals surface area contributed by atoms with E-state index in [0.717, 1.165) is 23.1 Å². The highest BCUT2D eigenvalue weighted by Gasteiger charge is 2.23. The SMILES string of the molecule is CC(C)c1nn(N)c2c(Cc3ccc(-c4ccccn4)cc3)nc(S(C)(=O)=O)nc12. The minimum absolute atomic E-state index is 0.0325. The Bertz CT molecular complexity index is 1310. The van der Waals surface area contributed by atoms with Gasteiger partial charge in [-0.05, 0) is 23.6 Å². The van der Waals surface area contributed by atoms with Crippen molar-refractivity contribution in [1.29, 1.82) is 0 Å². The number of rotatable bonds is 5. The van der Waals surface area contributed by atoms with E-state index in [2.05, 4.69) is 20.1 Å². The Morgan fingerprint density at radius 1 is 1.07 bits per heavy atom. The van der Waals surface area contributed by atoms with Gasteiger partial charge in [-0.15, -0.1) is 0 Å². The van der Waals surface area contributed by atoms with E-state index in [1.54, 1.807) is 6.20 Å². The van der Waals surface area contributed by atoms with Crippen molar-refractivity contribution in [3.63, 3.8) is 0 Å². The van der Waals surface area contributed by atoms with Gasteiger partial charge in [0.05, 0.1) is 17.1 Å². The average molecular weight is 423 g/mol. The maximum Gasteiger partial charge on any atom is 0.247 e. The monoisotopic (exact) mass is 422 g/mol. The summed E-state index contributed by atoms with van der Waals surface area (Å²) in [5.41, 5.74) is 5.02. The molecule has 0 amide bonds. The van der Waals surface area contributed by atoms with E-state index in [1.165, 1.54) is 4.79 Å². The molecule has 0 fully saturated rings. The van der Waals surface area contributed by atoms with Crippen LogP contribution < -0.4 is 5.84 Å². The molecule has 2 N–H and O–H groups in total. The smallest absolute Gasteiger partial charge is 0.247 e. The molecule has 0 aliphatic carbocycles. The Hall–Kier alpha value is -3.33. The molecule has 0 radical (unpaired) electrons. The molecule has 0 bridgehead atoms. The molecule has 0 aliphatic heterocycles. The lowest BCUT2D eigenvalue weighted by Gasteiger charge is -2.08. The van der Waals surface area contributed by atoms with Gasteiger partial charge in [0.1, 0.15) is 11.0 Å². The van der Waals surface area contributed by atoms with Crippen molar-refractivity contribution in [3.05, 3.63) is 65.6 Å². The van der Waals surface area contributed by atoms with Crippen molar-refractivity contribution in [2.24, 2.45) is 0 Å². The number of sulfone groups is 1. The number of benzene rings is 1. The van der Waals surface area contributed by atoms with Crippen LogP contribution >= 0.6 is 0 Å². The fourth-order valence-corrected chi connectivity index (χ4v) is 3.84. The number of fused-ring (bicyclic) bond motifs is 1. The van der Waals surface area contributed by atoms with Crippen LogP contribution in [0.2, 0.25) is 0 Å². The summed E-state index contributed by atoms with van der Waals surface area (Å²) < 4.78 is 24.4. The largest absolute Gasteiger partial charge is 0.323 e. The molecular formula is C21H22N6O2S. The van der Waals surface area contributed by atoms with Gasteiger partial charge in [-0.2, -0.15) is 9.89 Å². The van der Waals surface area contributed by atoms with Gasteiger partial charge in [0.25, 0.3) is 0 Å². The summed E-state index contributed by atoms with van der Waals surface area (Å²) >= 11 is 0. The van der Waals surface area contributed by atoms with Crippen LogP contribution in [0.4, 0.5) is 0 Å². The maximum atomic E-state index is 12.2. The van der Waals surface area contributed by atoms with Crippen LogP contribution in [0.5, 0.6) is 0 Å². The second-order valence-corrected chi connectivity index (χ2v) is 9.40. The maximum absolute atomic E-state index is 12.2. The topological polar surface area (TPSA) is 117 Å². The zero-order chi connectivity index (χ0) is 21.5. The molecule has 0 saturated carbocycles. The number of nitrogens with two attached hydrogens (primary N) is 1. The van der Waals surface area contributed by atoms with Crippen LogP contribution in [0.25, 0.3) is 22.3 Å². The lowest BCUT2D eigenvalue weighted by Crippen LogP contribution is -2.14. The lowest BCUT2D eigenvalue weighted by atomic mass is 10.0. The van der Waals surface area contributed by atoms with Crippen LogP contribution in [0.1, 0.15) is 36.7 Å². The molecule has 3 heterocycles. The molecule has 0 unspecified atom stereocenters. The van der Waals surface area contributed by atoms with E-state index in [0.29, 0.717) is 28.8 Å². The molecule has 154 valence electrons. The Labute approximate surface area is 174 Å². The van der Waals surface area contributed by atoms with Crippen molar-refractivity contribution >= 4 is 20.9 Å². The third-order valence-electron chi connectivity index (χ3n) is 4.79. The van der Waals surface area contributed by atoms with Gasteiger partial charge in [-0.25, -0.2) is 18.4 Å². The van der Waals surface area contributed by atoms with E-state index in [-0.39, 0.29) is 11.1 Å². The molecule has 8 nitrogen and oxygen atoms in total. The van der Waals surface area contributed by atoms with Crippen LogP contribution in [0, 0.1) is 0 Å². The Morgan fingerprint density at radius 2 is 1.80 bits per heavy atom. The molecule has 0 spiro atoms. The van der Waals surface area contributed by atoms with Crippen LogP contribution in [0.3, 0.4) is 0 Å². The van der Waals surface area contributed by atoms with E-state index in [1.807, 2.05) is 56.3 Å². The summed E-state index contributed by atoms with van der Waals surface area (Å²) in [6, 6.07) is 13.7. The minimum atomic E-state index is -3.59. The number of hydrogen-bond donors (Lipinski definition) is 1. The summed E-state index contributed by atoms with van der Waals surface area (Å²) in [5, 5.41) is 4.14. The first-order valence-corrected chi connectivity index (χ1v) is 11.4. The van der Waals surface area contributed by atoms with Crippen molar-refractivity contribution in [2.75, 3.05) is 12.1 Å². The molecule has 4 aromatic rings. The summed E-state index contributed by atoms with van der Waals surface area (Å²) in [6.45, 7) is 3.92. The molecule has 9 heteroatoms. The van der Waals surface area contributed by atoms with Gasteiger partial charge in [0.15, 0.2) is 0 Å². The fourth-order valence-electron chi connectivity index (χ4n) is 3.31. The highest BCUT2D eigenvalue weighted by Crippen LogP contribution is 2.27. The minimum Gasteiger partial charge on any atom is -0.323 e. The molecule has 30 heavy (non-hydrogen) atoms. The standard InChI is InChI=1S/C21H22N6O2S/c1-13(2)18-19-20(27(22)26-18)17(24-21(25-19)30(3,28)29)12-14-7-9-15(10-8-14)16-6-4-5-11-23-16/h4-11,13H,12,22H2,1-3H3. The normalized spacial score (nSPS) is 12.0. The summed E-state index contributed by atoms with van der Waals surface area (Å²) in [7, 11) is -3.59. The fraction of sp³-hybridized carbons (Fsp3) is 0.238.